The number of aromatic nitrogens is 2. The fourth-order valence-electron chi connectivity index (χ4n) is 0.957. The van der Waals surface area contributed by atoms with Crippen molar-refractivity contribution < 1.29 is 4.79 Å². The Balaban J connectivity index is 2.54. The first kappa shape index (κ1) is 8.73. The fraction of sp³-hybridized carbons (Fsp3) is 0.429. The van der Waals surface area contributed by atoms with Crippen LogP contribution in [-0.4, -0.2) is 29.0 Å². The quantitative estimate of drug-likeness (QED) is 0.540. The molecular formula is C7H12N4O. The molecule has 1 amide bonds. The molecule has 0 aromatic carbocycles. The van der Waals surface area contributed by atoms with Gasteiger partial charge in [-0.05, 0) is 7.05 Å². The van der Waals surface area contributed by atoms with Crippen LogP contribution < -0.4 is 11.1 Å². The molecule has 1 aromatic heterocycles. The monoisotopic (exact) mass is 168 g/mol. The summed E-state index contributed by atoms with van der Waals surface area (Å²) in [6, 6.07) is -0.340. The zero-order valence-corrected chi connectivity index (χ0v) is 6.87. The fourth-order valence-corrected chi connectivity index (χ4v) is 0.957. The van der Waals surface area contributed by atoms with Crippen LogP contribution in [0.2, 0.25) is 0 Å². The van der Waals surface area contributed by atoms with E-state index in [9.17, 15) is 4.79 Å². The maximum absolute atomic E-state index is 10.8. The first-order valence-corrected chi connectivity index (χ1v) is 3.68. The number of aromatic amines is 1. The minimum atomic E-state index is -0.361. The highest BCUT2D eigenvalue weighted by Gasteiger charge is 2.13. The van der Waals surface area contributed by atoms with E-state index >= 15 is 0 Å². The predicted molar refractivity (Wildman–Crippen MR) is 44.3 cm³/mol. The summed E-state index contributed by atoms with van der Waals surface area (Å²) in [5.74, 6) is -0.361. The smallest absolute Gasteiger partial charge is 0.234 e. The molecule has 0 aliphatic rings. The standard InChI is InChI=1S/C7H12N4O/c1-9-6(7(8)12)2-5-3-10-4-11-5/h3-4,6,9H,2H2,1H3,(H2,8,12)(H,10,11). The van der Waals surface area contributed by atoms with Gasteiger partial charge in [-0.2, -0.15) is 0 Å². The molecule has 1 unspecified atom stereocenters. The van der Waals surface area contributed by atoms with Gasteiger partial charge < -0.3 is 16.0 Å². The number of nitrogens with two attached hydrogens (primary N) is 1. The van der Waals surface area contributed by atoms with Gasteiger partial charge in [-0.1, -0.05) is 0 Å². The third-order valence-electron chi connectivity index (χ3n) is 1.66. The van der Waals surface area contributed by atoms with Gasteiger partial charge in [-0.3, -0.25) is 4.79 Å². The molecular weight excluding hydrogens is 156 g/mol. The highest BCUT2D eigenvalue weighted by Crippen LogP contribution is 1.96. The molecule has 0 bridgehead atoms. The van der Waals surface area contributed by atoms with Crippen molar-refractivity contribution in [3.63, 3.8) is 0 Å². The van der Waals surface area contributed by atoms with E-state index in [1.165, 1.54) is 0 Å². The lowest BCUT2D eigenvalue weighted by atomic mass is 10.1. The zero-order chi connectivity index (χ0) is 8.97. The van der Waals surface area contributed by atoms with Gasteiger partial charge in [0.25, 0.3) is 0 Å². The number of carbonyl (C=O) groups is 1. The second kappa shape index (κ2) is 3.87. The Morgan fingerprint density at radius 2 is 2.67 bits per heavy atom. The van der Waals surface area contributed by atoms with Gasteiger partial charge in [-0.15, -0.1) is 0 Å². The van der Waals surface area contributed by atoms with Crippen molar-refractivity contribution in [3.05, 3.63) is 18.2 Å². The number of imidazole rings is 1. The summed E-state index contributed by atoms with van der Waals surface area (Å²) in [5, 5.41) is 2.81. The highest BCUT2D eigenvalue weighted by atomic mass is 16.1. The second-order valence-corrected chi connectivity index (χ2v) is 2.51. The molecule has 0 radical (unpaired) electrons. The normalized spacial score (nSPS) is 12.8. The topological polar surface area (TPSA) is 83.8 Å². The summed E-state index contributed by atoms with van der Waals surface area (Å²) in [4.78, 5) is 17.6. The molecule has 0 saturated heterocycles. The molecule has 1 atom stereocenters. The summed E-state index contributed by atoms with van der Waals surface area (Å²) < 4.78 is 0. The van der Waals surface area contributed by atoms with Gasteiger partial charge in [0.1, 0.15) is 0 Å². The predicted octanol–water partition coefficient (Wildman–Crippen LogP) is -0.974. The van der Waals surface area contributed by atoms with Gasteiger partial charge in [-0.25, -0.2) is 4.98 Å². The van der Waals surface area contributed by atoms with Crippen molar-refractivity contribution in [2.45, 2.75) is 12.5 Å². The van der Waals surface area contributed by atoms with Crippen molar-refractivity contribution in [1.29, 1.82) is 0 Å². The Kier molecular flexibility index (Phi) is 2.82. The van der Waals surface area contributed by atoms with E-state index in [2.05, 4.69) is 15.3 Å². The Morgan fingerprint density at radius 3 is 3.08 bits per heavy atom. The van der Waals surface area contributed by atoms with E-state index in [1.54, 1.807) is 19.6 Å². The van der Waals surface area contributed by atoms with Crippen molar-refractivity contribution in [2.24, 2.45) is 5.73 Å². The molecule has 5 heteroatoms. The SMILES string of the molecule is CNC(Cc1c[nH]cn1)C(N)=O. The number of H-pyrrole nitrogens is 1. The van der Waals surface area contributed by atoms with Crippen LogP contribution in [0, 0.1) is 0 Å². The zero-order valence-electron chi connectivity index (χ0n) is 6.87. The van der Waals surface area contributed by atoms with Crippen LogP contribution in [0.3, 0.4) is 0 Å². The lowest BCUT2D eigenvalue weighted by Gasteiger charge is -2.09. The average molecular weight is 168 g/mol. The van der Waals surface area contributed by atoms with Crippen LogP contribution in [0.25, 0.3) is 0 Å². The maximum atomic E-state index is 10.8. The van der Waals surface area contributed by atoms with Crippen LogP contribution in [0.5, 0.6) is 0 Å². The third kappa shape index (κ3) is 2.06. The number of carbonyl (C=O) groups excluding carboxylic acids is 1. The Bertz CT molecular complexity index is 244. The second-order valence-electron chi connectivity index (χ2n) is 2.51. The molecule has 5 nitrogen and oxygen atoms in total. The van der Waals surface area contributed by atoms with E-state index in [4.69, 9.17) is 5.73 Å². The molecule has 0 fully saturated rings. The van der Waals surface area contributed by atoms with Crippen molar-refractivity contribution in [1.82, 2.24) is 15.3 Å². The average Bonchev–Trinajstić information content (AvgIpc) is 2.51. The van der Waals surface area contributed by atoms with Crippen LogP contribution >= 0.6 is 0 Å². The van der Waals surface area contributed by atoms with Crippen LogP contribution in [0.4, 0.5) is 0 Å². The summed E-state index contributed by atoms with van der Waals surface area (Å²) in [6.45, 7) is 0. The summed E-state index contributed by atoms with van der Waals surface area (Å²) in [7, 11) is 1.70. The Hall–Kier alpha value is -1.36. The lowest BCUT2D eigenvalue weighted by Crippen LogP contribution is -2.40. The van der Waals surface area contributed by atoms with Crippen molar-refractivity contribution in [3.8, 4) is 0 Å². The van der Waals surface area contributed by atoms with E-state index in [-0.39, 0.29) is 11.9 Å². The van der Waals surface area contributed by atoms with Gasteiger partial charge in [0.05, 0.1) is 18.1 Å². The number of nitrogens with zero attached hydrogens (tertiary/aromatic N) is 1. The molecule has 0 aliphatic carbocycles. The minimum Gasteiger partial charge on any atom is -0.368 e. The number of hydrogen-bond acceptors (Lipinski definition) is 3. The molecule has 0 saturated carbocycles. The third-order valence-corrected chi connectivity index (χ3v) is 1.66. The van der Waals surface area contributed by atoms with Gasteiger partial charge in [0.15, 0.2) is 0 Å². The van der Waals surface area contributed by atoms with E-state index in [1.807, 2.05) is 0 Å². The molecule has 4 N–H and O–H groups in total. The first-order chi connectivity index (χ1) is 5.74. The molecule has 66 valence electrons. The first-order valence-electron chi connectivity index (χ1n) is 3.68. The van der Waals surface area contributed by atoms with E-state index < -0.39 is 0 Å². The highest BCUT2D eigenvalue weighted by molar-refractivity contribution is 5.80. The lowest BCUT2D eigenvalue weighted by molar-refractivity contribution is -0.119. The van der Waals surface area contributed by atoms with Crippen LogP contribution in [0.1, 0.15) is 5.69 Å². The molecule has 1 rings (SSSR count). The van der Waals surface area contributed by atoms with Gasteiger partial charge >= 0.3 is 0 Å². The summed E-state index contributed by atoms with van der Waals surface area (Å²) in [5.41, 5.74) is 5.95. The van der Waals surface area contributed by atoms with Gasteiger partial charge in [0.2, 0.25) is 5.91 Å². The number of nitrogens with one attached hydrogen (secondary N) is 2. The van der Waals surface area contributed by atoms with Crippen LogP contribution in [-0.2, 0) is 11.2 Å². The van der Waals surface area contributed by atoms with Crippen LogP contribution in [0.15, 0.2) is 12.5 Å². The van der Waals surface area contributed by atoms with E-state index in [0.717, 1.165) is 5.69 Å². The number of primary amides is 1. The Labute approximate surface area is 70.4 Å². The van der Waals surface area contributed by atoms with Crippen molar-refractivity contribution >= 4 is 5.91 Å². The number of hydrogen-bond donors (Lipinski definition) is 3. The summed E-state index contributed by atoms with van der Waals surface area (Å²) in [6.07, 6.45) is 3.84. The molecule has 1 heterocycles. The molecule has 0 aliphatic heterocycles. The largest absolute Gasteiger partial charge is 0.368 e. The Morgan fingerprint density at radius 1 is 1.92 bits per heavy atom. The number of amides is 1. The minimum absolute atomic E-state index is 0.340. The van der Waals surface area contributed by atoms with Gasteiger partial charge in [0, 0.05) is 12.6 Å². The van der Waals surface area contributed by atoms with E-state index in [0.29, 0.717) is 6.42 Å². The maximum Gasteiger partial charge on any atom is 0.234 e. The molecule has 1 aromatic rings. The van der Waals surface area contributed by atoms with Crippen molar-refractivity contribution in [2.75, 3.05) is 7.05 Å². The molecule has 12 heavy (non-hydrogen) atoms. The summed E-state index contributed by atoms with van der Waals surface area (Å²) >= 11 is 0. The number of rotatable bonds is 4. The molecule has 0 spiro atoms. The number of likely N-dealkylation sites (N-methyl/N-ethyl adjacent to an activating group) is 1.